The van der Waals surface area contributed by atoms with E-state index in [-0.39, 0.29) is 0 Å². The molecule has 0 amide bonds. The Bertz CT molecular complexity index is 1170. The molecule has 7 nitrogen and oxygen atoms in total. The number of pyridine rings is 2. The molecule has 0 spiro atoms. The fraction of sp³-hybridized carbons (Fsp3) is 0.200. The lowest BCUT2D eigenvalue weighted by Crippen LogP contribution is -2.03. The van der Waals surface area contributed by atoms with Crippen molar-refractivity contribution >= 4 is 22.3 Å². The third-order valence-electron chi connectivity index (χ3n) is 5.02. The molecule has 0 radical (unpaired) electrons. The Hall–Kier alpha value is -3.26. The SMILES string of the molecule is Cc1ncccc1-n1nc(-c2ccc(N)nc2)c2c1-c1sc(N)nc1CCC2. The zero-order valence-electron chi connectivity index (χ0n) is 15.4. The van der Waals surface area contributed by atoms with Crippen LogP contribution in [0.1, 0.15) is 23.4 Å². The third-order valence-corrected chi connectivity index (χ3v) is 5.95. The van der Waals surface area contributed by atoms with E-state index in [9.17, 15) is 0 Å². The number of fused-ring (bicyclic) bond motifs is 3. The van der Waals surface area contributed by atoms with Gasteiger partial charge in [0.15, 0.2) is 5.13 Å². The maximum atomic E-state index is 6.06. The van der Waals surface area contributed by atoms with E-state index in [0.717, 1.165) is 58.2 Å². The summed E-state index contributed by atoms with van der Waals surface area (Å²) in [7, 11) is 0. The number of nitrogen functional groups attached to an aromatic ring is 2. The highest BCUT2D eigenvalue weighted by atomic mass is 32.1. The summed E-state index contributed by atoms with van der Waals surface area (Å²) in [6, 6.07) is 7.75. The quantitative estimate of drug-likeness (QED) is 0.544. The van der Waals surface area contributed by atoms with E-state index >= 15 is 0 Å². The van der Waals surface area contributed by atoms with Crippen LogP contribution in [0.2, 0.25) is 0 Å². The monoisotopic (exact) mass is 389 g/mol. The van der Waals surface area contributed by atoms with Gasteiger partial charge in [-0.25, -0.2) is 14.6 Å². The van der Waals surface area contributed by atoms with Crippen LogP contribution < -0.4 is 11.5 Å². The third kappa shape index (κ3) is 2.65. The van der Waals surface area contributed by atoms with Gasteiger partial charge in [0, 0.05) is 23.5 Å². The average Bonchev–Trinajstić information content (AvgIpc) is 3.18. The Morgan fingerprint density at radius 1 is 1.11 bits per heavy atom. The Balaban J connectivity index is 1.83. The normalized spacial score (nSPS) is 13.0. The first-order valence-electron chi connectivity index (χ1n) is 9.13. The molecule has 8 heteroatoms. The summed E-state index contributed by atoms with van der Waals surface area (Å²) >= 11 is 1.52. The van der Waals surface area contributed by atoms with Gasteiger partial charge in [0.25, 0.3) is 0 Å². The number of nitrogens with two attached hydrogens (primary N) is 2. The second kappa shape index (κ2) is 6.42. The topological polar surface area (TPSA) is 109 Å². The molecule has 4 heterocycles. The number of hydrogen-bond acceptors (Lipinski definition) is 7. The van der Waals surface area contributed by atoms with E-state index in [0.29, 0.717) is 10.9 Å². The first-order valence-corrected chi connectivity index (χ1v) is 9.95. The number of anilines is 2. The number of nitrogens with zero attached hydrogens (tertiary/aromatic N) is 5. The number of hydrogen-bond donors (Lipinski definition) is 2. The molecule has 1 aliphatic rings. The second-order valence-corrected chi connectivity index (χ2v) is 7.88. The second-order valence-electron chi connectivity index (χ2n) is 6.85. The molecule has 0 fully saturated rings. The van der Waals surface area contributed by atoms with Crippen LogP contribution in [0.15, 0.2) is 36.7 Å². The maximum Gasteiger partial charge on any atom is 0.180 e. The molecule has 0 unspecified atom stereocenters. The van der Waals surface area contributed by atoms with E-state index < -0.39 is 0 Å². The lowest BCUT2D eigenvalue weighted by Gasteiger charge is -2.09. The summed E-state index contributed by atoms with van der Waals surface area (Å²) in [6.45, 7) is 1.99. The van der Waals surface area contributed by atoms with Gasteiger partial charge in [-0.05, 0) is 50.5 Å². The summed E-state index contributed by atoms with van der Waals surface area (Å²) in [5, 5.41) is 5.59. The Morgan fingerprint density at radius 2 is 2.00 bits per heavy atom. The first-order chi connectivity index (χ1) is 13.6. The van der Waals surface area contributed by atoms with Crippen molar-refractivity contribution < 1.29 is 0 Å². The predicted octanol–water partition coefficient (Wildman–Crippen LogP) is 3.41. The van der Waals surface area contributed by atoms with E-state index in [1.165, 1.54) is 16.9 Å². The molecule has 1 aliphatic carbocycles. The highest BCUT2D eigenvalue weighted by Gasteiger charge is 2.28. The highest BCUT2D eigenvalue weighted by Crippen LogP contribution is 2.42. The van der Waals surface area contributed by atoms with Crippen molar-refractivity contribution in [1.29, 1.82) is 0 Å². The van der Waals surface area contributed by atoms with Gasteiger partial charge in [0.1, 0.15) is 5.82 Å². The Morgan fingerprint density at radius 3 is 2.79 bits per heavy atom. The fourth-order valence-corrected chi connectivity index (χ4v) is 4.67. The number of rotatable bonds is 2. The molecule has 4 aromatic heterocycles. The fourth-order valence-electron chi connectivity index (χ4n) is 3.73. The number of aromatic nitrogens is 5. The maximum absolute atomic E-state index is 6.06. The van der Waals surface area contributed by atoms with Crippen molar-refractivity contribution in [3.05, 3.63) is 53.6 Å². The number of aryl methyl sites for hydroxylation is 2. The minimum atomic E-state index is 0.495. The standard InChI is InChI=1S/C20H19N7S/c1-11-15(6-3-9-23-11)27-18-13(4-2-5-14-19(18)28-20(22)25-14)17(26-27)12-7-8-16(21)24-10-12/h3,6-10H,2,4-5H2,1H3,(H2,21,24)(H2,22,25). The van der Waals surface area contributed by atoms with Gasteiger partial charge >= 0.3 is 0 Å². The van der Waals surface area contributed by atoms with Crippen LogP contribution in [0.4, 0.5) is 10.9 Å². The Labute approximate surface area is 166 Å². The van der Waals surface area contributed by atoms with Gasteiger partial charge in [0.05, 0.1) is 33.3 Å². The van der Waals surface area contributed by atoms with Crippen molar-refractivity contribution in [1.82, 2.24) is 24.7 Å². The largest absolute Gasteiger partial charge is 0.384 e. The van der Waals surface area contributed by atoms with Gasteiger partial charge in [-0.2, -0.15) is 5.10 Å². The molecular weight excluding hydrogens is 370 g/mol. The van der Waals surface area contributed by atoms with Crippen molar-refractivity contribution in [2.75, 3.05) is 11.5 Å². The smallest absolute Gasteiger partial charge is 0.180 e. The molecule has 0 saturated heterocycles. The van der Waals surface area contributed by atoms with Crippen molar-refractivity contribution in [3.63, 3.8) is 0 Å². The first kappa shape index (κ1) is 16.9. The minimum Gasteiger partial charge on any atom is -0.384 e. The lowest BCUT2D eigenvalue weighted by molar-refractivity contribution is 0.818. The summed E-state index contributed by atoms with van der Waals surface area (Å²) in [6.07, 6.45) is 6.39. The molecule has 0 bridgehead atoms. The van der Waals surface area contributed by atoms with Crippen molar-refractivity contribution in [2.45, 2.75) is 26.2 Å². The van der Waals surface area contributed by atoms with Crippen LogP contribution in [0.25, 0.3) is 27.5 Å². The zero-order chi connectivity index (χ0) is 19.3. The molecule has 5 rings (SSSR count). The van der Waals surface area contributed by atoms with Crippen LogP contribution in [-0.2, 0) is 12.8 Å². The molecule has 28 heavy (non-hydrogen) atoms. The molecule has 4 N–H and O–H groups in total. The molecule has 0 saturated carbocycles. The van der Waals surface area contributed by atoms with E-state index in [1.54, 1.807) is 12.4 Å². The zero-order valence-corrected chi connectivity index (χ0v) is 16.2. The molecule has 4 aromatic rings. The lowest BCUT2D eigenvalue weighted by atomic mass is 10.0. The molecule has 140 valence electrons. The van der Waals surface area contributed by atoms with Crippen LogP contribution in [-0.4, -0.2) is 24.7 Å². The molecular formula is C20H19N7S. The molecule has 0 aliphatic heterocycles. The summed E-state index contributed by atoms with van der Waals surface area (Å²) in [4.78, 5) is 14.4. The van der Waals surface area contributed by atoms with Crippen molar-refractivity contribution in [2.24, 2.45) is 0 Å². The summed E-state index contributed by atoms with van der Waals surface area (Å²) in [5.74, 6) is 0.495. The van der Waals surface area contributed by atoms with Crippen molar-refractivity contribution in [3.8, 4) is 27.5 Å². The van der Waals surface area contributed by atoms with Crippen LogP contribution in [0.5, 0.6) is 0 Å². The molecule has 0 aromatic carbocycles. The average molecular weight is 389 g/mol. The van der Waals surface area contributed by atoms with E-state index in [4.69, 9.17) is 16.6 Å². The highest BCUT2D eigenvalue weighted by molar-refractivity contribution is 7.18. The van der Waals surface area contributed by atoms with Crippen LogP contribution in [0.3, 0.4) is 0 Å². The van der Waals surface area contributed by atoms with E-state index in [1.807, 2.05) is 35.9 Å². The summed E-state index contributed by atoms with van der Waals surface area (Å²) < 4.78 is 1.99. The van der Waals surface area contributed by atoms with Gasteiger partial charge in [-0.3, -0.25) is 4.98 Å². The van der Waals surface area contributed by atoms with Crippen LogP contribution in [0, 0.1) is 6.92 Å². The summed E-state index contributed by atoms with van der Waals surface area (Å²) in [5.41, 5.74) is 18.9. The van der Waals surface area contributed by atoms with E-state index in [2.05, 4.69) is 15.0 Å². The Kier molecular flexibility index (Phi) is 3.87. The van der Waals surface area contributed by atoms with Gasteiger partial charge in [-0.15, -0.1) is 0 Å². The predicted molar refractivity (Wildman–Crippen MR) is 111 cm³/mol. The van der Waals surface area contributed by atoms with Crippen LogP contribution >= 0.6 is 11.3 Å². The number of thiazole rings is 1. The van der Waals surface area contributed by atoms with Gasteiger partial charge < -0.3 is 11.5 Å². The van der Waals surface area contributed by atoms with Gasteiger partial charge in [-0.1, -0.05) is 11.3 Å². The van der Waals surface area contributed by atoms with Gasteiger partial charge in [0.2, 0.25) is 0 Å². The molecule has 0 atom stereocenters. The minimum absolute atomic E-state index is 0.495.